The summed E-state index contributed by atoms with van der Waals surface area (Å²) < 4.78 is 11.7. The van der Waals surface area contributed by atoms with Gasteiger partial charge in [-0.1, -0.05) is 6.07 Å². The van der Waals surface area contributed by atoms with Crippen molar-refractivity contribution in [3.05, 3.63) is 18.2 Å². The van der Waals surface area contributed by atoms with E-state index in [1.165, 1.54) is 0 Å². The van der Waals surface area contributed by atoms with Gasteiger partial charge in [0.2, 0.25) is 11.8 Å². The van der Waals surface area contributed by atoms with Crippen LogP contribution in [0.4, 0.5) is 10.7 Å². The fourth-order valence-corrected chi connectivity index (χ4v) is 1.76. The van der Waals surface area contributed by atoms with Crippen molar-refractivity contribution in [2.45, 2.75) is 13.8 Å². The first-order chi connectivity index (χ1) is 10.7. The van der Waals surface area contributed by atoms with Gasteiger partial charge in [0.15, 0.2) is 5.65 Å². The van der Waals surface area contributed by atoms with Crippen LogP contribution in [0.3, 0.4) is 0 Å². The Bertz CT molecular complexity index is 669. The molecule has 118 valence electrons. The normalized spacial score (nSPS) is 10.3. The van der Waals surface area contributed by atoms with Crippen LogP contribution in [0.1, 0.15) is 13.8 Å². The number of fused-ring (bicyclic) bond motifs is 1. The van der Waals surface area contributed by atoms with Gasteiger partial charge in [0.25, 0.3) is 0 Å². The Morgan fingerprint density at radius 2 is 2.05 bits per heavy atom. The van der Waals surface area contributed by atoms with E-state index >= 15 is 0 Å². The first-order valence-electron chi connectivity index (χ1n) is 6.83. The van der Waals surface area contributed by atoms with Crippen LogP contribution in [0.5, 0.6) is 5.88 Å². The Morgan fingerprint density at radius 1 is 1.23 bits per heavy atom. The van der Waals surface area contributed by atoms with Crippen LogP contribution < -0.4 is 15.4 Å². The van der Waals surface area contributed by atoms with Crippen molar-refractivity contribution in [2.24, 2.45) is 0 Å². The molecular formula is C13H17N5O4. The topological polar surface area (TPSA) is 107 Å². The highest BCUT2D eigenvalue weighted by molar-refractivity contribution is 5.90. The number of nitrogens with zero attached hydrogens (tertiary/aromatic N) is 3. The maximum atomic E-state index is 11.8. The second-order valence-corrected chi connectivity index (χ2v) is 4.13. The van der Waals surface area contributed by atoms with Crippen molar-refractivity contribution in [3.63, 3.8) is 0 Å². The third-order valence-electron chi connectivity index (χ3n) is 2.61. The van der Waals surface area contributed by atoms with E-state index in [1.54, 1.807) is 29.5 Å². The van der Waals surface area contributed by atoms with Gasteiger partial charge in [-0.05, 0) is 26.0 Å². The van der Waals surface area contributed by atoms with E-state index in [0.29, 0.717) is 18.1 Å². The minimum Gasteiger partial charge on any atom is -0.479 e. The minimum atomic E-state index is -0.589. The van der Waals surface area contributed by atoms with Gasteiger partial charge in [-0.3, -0.25) is 10.1 Å². The predicted molar refractivity (Wildman–Crippen MR) is 77.8 cm³/mol. The number of carbonyl (C=O) groups is 2. The molecule has 2 aromatic rings. The second kappa shape index (κ2) is 7.25. The second-order valence-electron chi connectivity index (χ2n) is 4.13. The average molecular weight is 307 g/mol. The van der Waals surface area contributed by atoms with Crippen LogP contribution in [0.2, 0.25) is 0 Å². The number of rotatable bonds is 6. The van der Waals surface area contributed by atoms with Gasteiger partial charge in [-0.25, -0.2) is 9.20 Å². The molecule has 9 nitrogen and oxygen atoms in total. The largest absolute Gasteiger partial charge is 0.479 e. The molecule has 2 aromatic heterocycles. The molecule has 0 aliphatic heterocycles. The van der Waals surface area contributed by atoms with E-state index in [0.717, 1.165) is 0 Å². The van der Waals surface area contributed by atoms with E-state index in [9.17, 15) is 9.59 Å². The zero-order chi connectivity index (χ0) is 15.9. The third kappa shape index (κ3) is 3.62. The lowest BCUT2D eigenvalue weighted by Gasteiger charge is -2.09. The number of hydrogen-bond acceptors (Lipinski definition) is 6. The molecule has 0 saturated heterocycles. The van der Waals surface area contributed by atoms with Crippen molar-refractivity contribution in [3.8, 4) is 5.88 Å². The molecular weight excluding hydrogens is 290 g/mol. The number of amides is 2. The monoisotopic (exact) mass is 307 g/mol. The molecule has 2 heterocycles. The number of nitrogens with one attached hydrogen (secondary N) is 2. The van der Waals surface area contributed by atoms with Gasteiger partial charge in [-0.2, -0.15) is 0 Å². The van der Waals surface area contributed by atoms with Crippen LogP contribution in [0.15, 0.2) is 18.2 Å². The van der Waals surface area contributed by atoms with Gasteiger partial charge in [0, 0.05) is 0 Å². The van der Waals surface area contributed by atoms with Crippen LogP contribution >= 0.6 is 0 Å². The van der Waals surface area contributed by atoms with Crippen LogP contribution in [0.25, 0.3) is 5.65 Å². The first kappa shape index (κ1) is 15.5. The van der Waals surface area contributed by atoms with Gasteiger partial charge >= 0.3 is 12.0 Å². The molecule has 0 saturated carbocycles. The zero-order valence-corrected chi connectivity index (χ0v) is 12.3. The molecule has 0 fully saturated rings. The maximum Gasteiger partial charge on any atom is 0.325 e. The number of ether oxygens (including phenoxy) is 2. The van der Waals surface area contributed by atoms with Crippen molar-refractivity contribution in [1.82, 2.24) is 19.9 Å². The lowest BCUT2D eigenvalue weighted by molar-refractivity contribution is -0.141. The summed E-state index contributed by atoms with van der Waals surface area (Å²) in [5.74, 6) is 0.185. The number of aromatic nitrogens is 3. The summed E-state index contributed by atoms with van der Waals surface area (Å²) in [5, 5.41) is 12.7. The molecule has 9 heteroatoms. The van der Waals surface area contributed by atoms with Crippen LogP contribution in [0, 0.1) is 0 Å². The molecule has 0 radical (unpaired) electrons. The summed E-state index contributed by atoms with van der Waals surface area (Å²) in [7, 11) is 0. The number of hydrogen-bond donors (Lipinski definition) is 2. The Labute approximate surface area is 126 Å². The quantitative estimate of drug-likeness (QED) is 0.765. The molecule has 22 heavy (non-hydrogen) atoms. The molecule has 0 spiro atoms. The summed E-state index contributed by atoms with van der Waals surface area (Å²) in [6.07, 6.45) is 0. The molecule has 0 aliphatic rings. The summed E-state index contributed by atoms with van der Waals surface area (Å²) in [4.78, 5) is 23.0. The van der Waals surface area contributed by atoms with Gasteiger partial charge in [-0.15, -0.1) is 10.2 Å². The Kier molecular flexibility index (Phi) is 5.12. The van der Waals surface area contributed by atoms with Crippen molar-refractivity contribution in [1.29, 1.82) is 0 Å². The van der Waals surface area contributed by atoms with Crippen molar-refractivity contribution >= 4 is 23.6 Å². The fourth-order valence-electron chi connectivity index (χ4n) is 1.76. The number of esters is 1. The Hall–Kier alpha value is -2.84. The summed E-state index contributed by atoms with van der Waals surface area (Å²) in [6, 6.07) is 4.66. The maximum absolute atomic E-state index is 11.8. The molecule has 0 aromatic carbocycles. The molecule has 0 atom stereocenters. The number of anilines is 1. The minimum absolute atomic E-state index is 0.195. The van der Waals surface area contributed by atoms with Crippen molar-refractivity contribution < 1.29 is 19.1 Å². The molecule has 2 rings (SSSR count). The molecule has 0 bridgehead atoms. The lowest BCUT2D eigenvalue weighted by Crippen LogP contribution is -2.34. The lowest BCUT2D eigenvalue weighted by atomic mass is 10.4. The van der Waals surface area contributed by atoms with Gasteiger partial charge in [0.05, 0.1) is 13.2 Å². The van der Waals surface area contributed by atoms with Crippen LogP contribution in [-0.4, -0.2) is 46.4 Å². The fraction of sp³-hybridized carbons (Fsp3) is 0.385. The molecule has 0 aliphatic carbocycles. The standard InChI is InChI=1S/C13H17N5O4/c1-3-21-10-7-5-6-9-16-17-12(18(9)10)15-13(20)14-8-11(19)22-4-2/h5-7H,3-4,8H2,1-2H3,(H2,14,15,17,20). The van der Waals surface area contributed by atoms with E-state index < -0.39 is 12.0 Å². The highest BCUT2D eigenvalue weighted by Crippen LogP contribution is 2.18. The first-order valence-corrected chi connectivity index (χ1v) is 6.83. The molecule has 2 amide bonds. The van der Waals surface area contributed by atoms with Crippen molar-refractivity contribution in [2.75, 3.05) is 25.1 Å². The SMILES string of the molecule is CCOC(=O)CNC(=O)Nc1nnc2cccc(OCC)n12. The van der Waals surface area contributed by atoms with Gasteiger partial charge in [0.1, 0.15) is 6.54 Å². The summed E-state index contributed by atoms with van der Waals surface area (Å²) >= 11 is 0. The smallest absolute Gasteiger partial charge is 0.325 e. The highest BCUT2D eigenvalue weighted by atomic mass is 16.5. The van der Waals surface area contributed by atoms with E-state index in [2.05, 4.69) is 20.8 Å². The number of carbonyl (C=O) groups excluding carboxylic acids is 2. The summed E-state index contributed by atoms with van der Waals surface area (Å²) in [5.41, 5.74) is 0.534. The van der Waals surface area contributed by atoms with Crippen LogP contribution in [-0.2, 0) is 9.53 Å². The van der Waals surface area contributed by atoms with E-state index in [4.69, 9.17) is 9.47 Å². The van der Waals surface area contributed by atoms with Gasteiger partial charge < -0.3 is 14.8 Å². The van der Waals surface area contributed by atoms with E-state index in [-0.39, 0.29) is 19.1 Å². The number of urea groups is 1. The van der Waals surface area contributed by atoms with E-state index in [1.807, 2.05) is 6.92 Å². The third-order valence-corrected chi connectivity index (χ3v) is 2.61. The zero-order valence-electron chi connectivity index (χ0n) is 12.3. The predicted octanol–water partition coefficient (Wildman–Crippen LogP) is 0.813. The summed E-state index contributed by atoms with van der Waals surface area (Å²) in [6.45, 7) is 4.03. The number of pyridine rings is 1. The Balaban J connectivity index is 2.08. The molecule has 0 unspecified atom stereocenters. The highest BCUT2D eigenvalue weighted by Gasteiger charge is 2.13. The average Bonchev–Trinajstić information content (AvgIpc) is 2.90. The molecule has 2 N–H and O–H groups in total. The Morgan fingerprint density at radius 3 is 2.77 bits per heavy atom.